The van der Waals surface area contributed by atoms with E-state index in [-0.39, 0.29) is 0 Å². The fourth-order valence-corrected chi connectivity index (χ4v) is 1.48. The van der Waals surface area contributed by atoms with E-state index >= 15 is 0 Å². The van der Waals surface area contributed by atoms with Crippen LogP contribution in [0.25, 0.3) is 11.0 Å². The predicted molar refractivity (Wildman–Crippen MR) is 50.5 cm³/mol. The van der Waals surface area contributed by atoms with Gasteiger partial charge in [0.15, 0.2) is 5.75 Å². The van der Waals surface area contributed by atoms with Crippen LogP contribution in [-0.2, 0) is 0 Å². The summed E-state index contributed by atoms with van der Waals surface area (Å²) in [7, 11) is 1.63. The molecule has 0 amide bonds. The van der Waals surface area contributed by atoms with Gasteiger partial charge in [0.2, 0.25) is 0 Å². The Morgan fingerprint density at radius 1 is 1.42 bits per heavy atom. The van der Waals surface area contributed by atoms with Gasteiger partial charge in [-0.2, -0.15) is 0 Å². The highest BCUT2D eigenvalue weighted by atomic mass is 79.9. The molecule has 2 aromatic rings. The number of hydrogen-bond donors (Lipinski definition) is 0. The van der Waals surface area contributed by atoms with Crippen LogP contribution in [0.4, 0.5) is 0 Å². The summed E-state index contributed by atoms with van der Waals surface area (Å²) >= 11 is 3.36. The Kier molecular flexibility index (Phi) is 1.81. The first-order valence-corrected chi connectivity index (χ1v) is 4.31. The number of fused-ring (bicyclic) bond motifs is 1. The number of benzene rings is 1. The van der Waals surface area contributed by atoms with Crippen molar-refractivity contribution in [3.8, 4) is 5.75 Å². The summed E-state index contributed by atoms with van der Waals surface area (Å²) in [6.45, 7) is 0. The number of rotatable bonds is 1. The Balaban J connectivity index is 2.73. The Bertz CT molecular complexity index is 406. The van der Waals surface area contributed by atoms with E-state index < -0.39 is 0 Å². The quantitative estimate of drug-likeness (QED) is 0.746. The molecule has 0 saturated heterocycles. The molecule has 0 saturated carbocycles. The molecule has 0 radical (unpaired) electrons. The van der Waals surface area contributed by atoms with Gasteiger partial charge in [-0.15, -0.1) is 0 Å². The van der Waals surface area contributed by atoms with Crippen molar-refractivity contribution in [2.75, 3.05) is 7.11 Å². The monoisotopic (exact) mass is 226 g/mol. The van der Waals surface area contributed by atoms with Crippen molar-refractivity contribution in [2.24, 2.45) is 0 Å². The van der Waals surface area contributed by atoms with Gasteiger partial charge in [-0.25, -0.2) is 0 Å². The van der Waals surface area contributed by atoms with Gasteiger partial charge < -0.3 is 9.15 Å². The molecule has 0 fully saturated rings. The topological polar surface area (TPSA) is 22.4 Å². The zero-order valence-corrected chi connectivity index (χ0v) is 8.09. The molecule has 2 rings (SSSR count). The first-order valence-electron chi connectivity index (χ1n) is 3.52. The van der Waals surface area contributed by atoms with Gasteiger partial charge >= 0.3 is 0 Å². The van der Waals surface area contributed by atoms with Gasteiger partial charge in [0.1, 0.15) is 11.8 Å². The second-order valence-electron chi connectivity index (χ2n) is 2.44. The molecule has 12 heavy (non-hydrogen) atoms. The highest BCUT2D eigenvalue weighted by molar-refractivity contribution is 9.10. The third kappa shape index (κ3) is 1.10. The lowest BCUT2D eigenvalue weighted by molar-refractivity contribution is 0.410. The molecule has 0 spiro atoms. The Morgan fingerprint density at radius 3 is 3.00 bits per heavy atom. The first-order chi connectivity index (χ1) is 5.81. The molecule has 0 aliphatic heterocycles. The van der Waals surface area contributed by atoms with Crippen molar-refractivity contribution in [3.05, 3.63) is 28.9 Å². The molecule has 3 heteroatoms. The van der Waals surface area contributed by atoms with Gasteiger partial charge in [-0.1, -0.05) is 15.9 Å². The number of furan rings is 1. The van der Waals surface area contributed by atoms with Gasteiger partial charge in [-0.05, 0) is 18.2 Å². The van der Waals surface area contributed by atoms with E-state index in [1.165, 1.54) is 0 Å². The molecule has 0 bridgehead atoms. The fourth-order valence-electron chi connectivity index (χ4n) is 1.14. The molecule has 1 aromatic heterocycles. The average Bonchev–Trinajstić information content (AvgIpc) is 2.46. The Morgan fingerprint density at radius 2 is 2.25 bits per heavy atom. The van der Waals surface area contributed by atoms with Crippen LogP contribution in [-0.4, -0.2) is 7.11 Å². The fraction of sp³-hybridized carbons (Fsp3) is 0.111. The van der Waals surface area contributed by atoms with Gasteiger partial charge in [-0.3, -0.25) is 0 Å². The van der Waals surface area contributed by atoms with Crippen LogP contribution in [0.15, 0.2) is 33.4 Å². The highest BCUT2D eigenvalue weighted by Crippen LogP contribution is 2.29. The van der Waals surface area contributed by atoms with Gasteiger partial charge in [0, 0.05) is 4.47 Å². The molecule has 1 heterocycles. The van der Waals surface area contributed by atoms with Crippen LogP contribution in [0, 0.1) is 0 Å². The first kappa shape index (κ1) is 7.68. The minimum atomic E-state index is 0.775. The zero-order valence-electron chi connectivity index (χ0n) is 6.50. The van der Waals surface area contributed by atoms with E-state index in [4.69, 9.17) is 9.15 Å². The van der Waals surface area contributed by atoms with Crippen molar-refractivity contribution in [3.63, 3.8) is 0 Å². The maximum absolute atomic E-state index is 5.27. The summed E-state index contributed by atoms with van der Waals surface area (Å²) in [5, 5.41) is 1.00. The number of methoxy groups -OCH3 is 1. The van der Waals surface area contributed by atoms with E-state index in [0.29, 0.717) is 0 Å². The second-order valence-corrected chi connectivity index (χ2v) is 3.36. The van der Waals surface area contributed by atoms with E-state index in [2.05, 4.69) is 15.9 Å². The van der Waals surface area contributed by atoms with Crippen LogP contribution in [0.2, 0.25) is 0 Å². The van der Waals surface area contributed by atoms with Crippen LogP contribution >= 0.6 is 15.9 Å². The van der Waals surface area contributed by atoms with Crippen molar-refractivity contribution in [1.82, 2.24) is 0 Å². The second kappa shape index (κ2) is 2.83. The molecular weight excluding hydrogens is 220 g/mol. The van der Waals surface area contributed by atoms with Crippen molar-refractivity contribution in [2.45, 2.75) is 0 Å². The molecule has 0 N–H and O–H groups in total. The van der Waals surface area contributed by atoms with Gasteiger partial charge in [0.25, 0.3) is 0 Å². The smallest absolute Gasteiger partial charge is 0.164 e. The molecular formula is C9H7BrO2. The van der Waals surface area contributed by atoms with E-state index in [1.807, 2.05) is 18.2 Å². The summed E-state index contributed by atoms with van der Waals surface area (Å²) in [5.41, 5.74) is 0.834. The van der Waals surface area contributed by atoms with Gasteiger partial charge in [0.05, 0.1) is 12.5 Å². The summed E-state index contributed by atoms with van der Waals surface area (Å²) in [6, 6.07) is 5.83. The molecule has 2 nitrogen and oxygen atoms in total. The Labute approximate surface area is 78.3 Å². The maximum atomic E-state index is 5.27. The third-order valence-corrected chi connectivity index (χ3v) is 2.22. The van der Waals surface area contributed by atoms with Crippen molar-refractivity contribution < 1.29 is 9.15 Å². The molecule has 0 atom stereocenters. The lowest BCUT2D eigenvalue weighted by atomic mass is 10.2. The highest BCUT2D eigenvalue weighted by Gasteiger charge is 2.04. The van der Waals surface area contributed by atoms with Crippen molar-refractivity contribution in [1.29, 1.82) is 0 Å². The predicted octanol–water partition coefficient (Wildman–Crippen LogP) is 3.20. The maximum Gasteiger partial charge on any atom is 0.164 e. The molecule has 62 valence electrons. The molecule has 0 aliphatic rings. The summed E-state index contributed by atoms with van der Waals surface area (Å²) in [4.78, 5) is 0. The summed E-state index contributed by atoms with van der Waals surface area (Å²) in [6.07, 6.45) is 1.61. The Hall–Kier alpha value is -0.960. The van der Waals surface area contributed by atoms with Crippen LogP contribution in [0.5, 0.6) is 5.75 Å². The summed E-state index contributed by atoms with van der Waals surface area (Å²) < 4.78 is 11.4. The number of hydrogen-bond acceptors (Lipinski definition) is 2. The third-order valence-electron chi connectivity index (χ3n) is 1.72. The average molecular weight is 227 g/mol. The molecule has 0 aliphatic carbocycles. The SMILES string of the molecule is COc1coc2cc(Br)ccc12. The zero-order chi connectivity index (χ0) is 8.55. The molecule has 0 unspecified atom stereocenters. The van der Waals surface area contributed by atoms with E-state index in [0.717, 1.165) is 21.2 Å². The number of ether oxygens (including phenoxy) is 1. The normalized spacial score (nSPS) is 10.5. The van der Waals surface area contributed by atoms with Crippen LogP contribution in [0.1, 0.15) is 0 Å². The minimum Gasteiger partial charge on any atom is -0.493 e. The number of halogens is 1. The standard InChI is InChI=1S/C9H7BrO2/c1-11-9-5-12-8-4-6(10)2-3-7(8)9/h2-5H,1H3. The van der Waals surface area contributed by atoms with Crippen molar-refractivity contribution >= 4 is 26.9 Å². The minimum absolute atomic E-state index is 0.775. The van der Waals surface area contributed by atoms with E-state index in [1.54, 1.807) is 13.4 Å². The lowest BCUT2D eigenvalue weighted by Gasteiger charge is -1.93. The van der Waals surface area contributed by atoms with Crippen LogP contribution < -0.4 is 4.74 Å². The largest absolute Gasteiger partial charge is 0.493 e. The molecule has 1 aromatic carbocycles. The van der Waals surface area contributed by atoms with Crippen LogP contribution in [0.3, 0.4) is 0 Å². The lowest BCUT2D eigenvalue weighted by Crippen LogP contribution is -1.78. The van der Waals surface area contributed by atoms with E-state index in [9.17, 15) is 0 Å². The summed E-state index contributed by atoms with van der Waals surface area (Å²) in [5.74, 6) is 0.775.